The molecule has 0 saturated carbocycles. The molecule has 0 aliphatic heterocycles. The molecule has 2 atom stereocenters. The van der Waals surface area contributed by atoms with Gasteiger partial charge in [0.05, 0.1) is 10.6 Å². The van der Waals surface area contributed by atoms with Gasteiger partial charge in [0.25, 0.3) is 0 Å². The minimum atomic E-state index is -2.00. The van der Waals surface area contributed by atoms with Gasteiger partial charge in [-0.15, -0.1) is 0 Å². The van der Waals surface area contributed by atoms with E-state index in [4.69, 9.17) is 26.9 Å². The van der Waals surface area contributed by atoms with Gasteiger partial charge in [0.1, 0.15) is 6.10 Å². The third-order valence-electron chi connectivity index (χ3n) is 2.12. The summed E-state index contributed by atoms with van der Waals surface area (Å²) in [6, 6.07) is 3.41. The van der Waals surface area contributed by atoms with Crippen LogP contribution >= 0.6 is 11.6 Å². The van der Waals surface area contributed by atoms with E-state index in [2.05, 4.69) is 0 Å². The van der Waals surface area contributed by atoms with Crippen LogP contribution in [0.1, 0.15) is 22.0 Å². The van der Waals surface area contributed by atoms with E-state index < -0.39 is 24.1 Å². The summed E-state index contributed by atoms with van der Waals surface area (Å²) in [6.45, 7) is 0. The SMILES string of the molecule is O=C(O)c1ccc(C(O)C(O)C(=O)O)cc1Cl. The van der Waals surface area contributed by atoms with Crippen molar-refractivity contribution in [2.24, 2.45) is 0 Å². The number of hydrogen-bond donors (Lipinski definition) is 4. The van der Waals surface area contributed by atoms with Gasteiger partial charge in [-0.3, -0.25) is 0 Å². The van der Waals surface area contributed by atoms with Crippen molar-refractivity contribution < 1.29 is 30.0 Å². The van der Waals surface area contributed by atoms with E-state index in [1.54, 1.807) is 0 Å². The van der Waals surface area contributed by atoms with Gasteiger partial charge in [-0.25, -0.2) is 9.59 Å². The summed E-state index contributed by atoms with van der Waals surface area (Å²) >= 11 is 5.63. The van der Waals surface area contributed by atoms with Crippen LogP contribution in [0.15, 0.2) is 18.2 Å². The van der Waals surface area contributed by atoms with Crippen LogP contribution in [0, 0.1) is 0 Å². The zero-order valence-electron chi connectivity index (χ0n) is 8.37. The first-order valence-electron chi connectivity index (χ1n) is 4.46. The zero-order valence-corrected chi connectivity index (χ0v) is 9.13. The van der Waals surface area contributed by atoms with Crippen molar-refractivity contribution in [2.75, 3.05) is 0 Å². The van der Waals surface area contributed by atoms with E-state index >= 15 is 0 Å². The number of carboxylic acids is 2. The Labute approximate surface area is 101 Å². The molecule has 0 bridgehead atoms. The van der Waals surface area contributed by atoms with Crippen LogP contribution < -0.4 is 0 Å². The number of halogens is 1. The normalized spacial score (nSPS) is 14.1. The van der Waals surface area contributed by atoms with Crippen LogP contribution in [0.2, 0.25) is 5.02 Å². The number of carbonyl (C=O) groups is 2. The van der Waals surface area contributed by atoms with E-state index in [-0.39, 0.29) is 16.1 Å². The number of aliphatic hydroxyl groups is 2. The second-order valence-corrected chi connectivity index (χ2v) is 3.68. The minimum Gasteiger partial charge on any atom is -0.479 e. The first kappa shape index (κ1) is 13.4. The molecule has 1 aromatic rings. The van der Waals surface area contributed by atoms with Crippen molar-refractivity contribution in [3.63, 3.8) is 0 Å². The lowest BCUT2D eigenvalue weighted by Crippen LogP contribution is -2.27. The molecule has 0 radical (unpaired) electrons. The van der Waals surface area contributed by atoms with Gasteiger partial charge in [0.2, 0.25) is 0 Å². The molecule has 4 N–H and O–H groups in total. The van der Waals surface area contributed by atoms with Crippen molar-refractivity contribution in [3.05, 3.63) is 34.3 Å². The van der Waals surface area contributed by atoms with Crippen LogP contribution in [-0.2, 0) is 4.79 Å². The Hall–Kier alpha value is -1.63. The topological polar surface area (TPSA) is 115 Å². The molecule has 2 unspecified atom stereocenters. The number of aromatic carboxylic acids is 1. The summed E-state index contributed by atoms with van der Waals surface area (Å²) in [5, 5.41) is 35.6. The summed E-state index contributed by atoms with van der Waals surface area (Å²) < 4.78 is 0. The van der Waals surface area contributed by atoms with Crippen molar-refractivity contribution in [1.29, 1.82) is 0 Å². The largest absolute Gasteiger partial charge is 0.479 e. The van der Waals surface area contributed by atoms with Crippen LogP contribution in [-0.4, -0.2) is 38.5 Å². The van der Waals surface area contributed by atoms with Crippen LogP contribution in [0.25, 0.3) is 0 Å². The predicted molar refractivity (Wildman–Crippen MR) is 57.0 cm³/mol. The number of hydrogen-bond acceptors (Lipinski definition) is 4. The average Bonchev–Trinajstić information content (AvgIpc) is 2.26. The molecule has 17 heavy (non-hydrogen) atoms. The van der Waals surface area contributed by atoms with Crippen molar-refractivity contribution >= 4 is 23.5 Å². The van der Waals surface area contributed by atoms with Gasteiger partial charge < -0.3 is 20.4 Å². The Morgan fingerprint density at radius 3 is 2.18 bits per heavy atom. The summed E-state index contributed by atoms with van der Waals surface area (Å²) in [5.41, 5.74) is -0.151. The van der Waals surface area contributed by atoms with Crippen molar-refractivity contribution in [3.8, 4) is 0 Å². The maximum Gasteiger partial charge on any atom is 0.337 e. The first-order valence-corrected chi connectivity index (χ1v) is 4.84. The third kappa shape index (κ3) is 2.94. The Bertz CT molecular complexity index is 458. The molecule has 0 spiro atoms. The van der Waals surface area contributed by atoms with Crippen LogP contribution in [0.5, 0.6) is 0 Å². The molecule has 1 aromatic carbocycles. The lowest BCUT2D eigenvalue weighted by molar-refractivity contribution is -0.153. The molecule has 1 rings (SSSR count). The van der Waals surface area contributed by atoms with Crippen molar-refractivity contribution in [2.45, 2.75) is 12.2 Å². The third-order valence-corrected chi connectivity index (χ3v) is 2.43. The number of aliphatic carboxylic acids is 1. The molecule has 0 aliphatic rings. The molecule has 92 valence electrons. The zero-order chi connectivity index (χ0) is 13.2. The summed E-state index contributed by atoms with van der Waals surface area (Å²) in [5.74, 6) is -2.83. The number of benzene rings is 1. The van der Waals surface area contributed by atoms with E-state index in [1.165, 1.54) is 6.07 Å². The fraction of sp³-hybridized carbons (Fsp3) is 0.200. The molecule has 7 heteroatoms. The van der Waals surface area contributed by atoms with Gasteiger partial charge in [-0.05, 0) is 17.7 Å². The van der Waals surface area contributed by atoms with E-state index in [9.17, 15) is 14.7 Å². The number of carboxylic acid groups (broad SMARTS) is 2. The molecule has 6 nitrogen and oxygen atoms in total. The minimum absolute atomic E-state index is 0.0231. The Morgan fingerprint density at radius 1 is 1.18 bits per heavy atom. The fourth-order valence-corrected chi connectivity index (χ4v) is 1.48. The van der Waals surface area contributed by atoms with Crippen LogP contribution in [0.3, 0.4) is 0 Å². The Morgan fingerprint density at radius 2 is 1.76 bits per heavy atom. The van der Waals surface area contributed by atoms with Gasteiger partial charge in [0, 0.05) is 0 Å². The van der Waals surface area contributed by atoms with E-state index in [0.29, 0.717) is 0 Å². The molecular weight excluding hydrogens is 252 g/mol. The highest BCUT2D eigenvalue weighted by Gasteiger charge is 2.25. The molecule has 0 aromatic heterocycles. The smallest absolute Gasteiger partial charge is 0.337 e. The fourth-order valence-electron chi connectivity index (χ4n) is 1.21. The molecule has 0 fully saturated rings. The van der Waals surface area contributed by atoms with Crippen LogP contribution in [0.4, 0.5) is 0 Å². The summed E-state index contributed by atoms with van der Waals surface area (Å²) in [4.78, 5) is 21.1. The first-order chi connectivity index (χ1) is 7.84. The summed E-state index contributed by atoms with van der Waals surface area (Å²) in [6.07, 6.45) is -3.67. The van der Waals surface area contributed by atoms with Gasteiger partial charge >= 0.3 is 11.9 Å². The predicted octanol–water partition coefficient (Wildman–Crippen LogP) is 0.517. The highest BCUT2D eigenvalue weighted by Crippen LogP contribution is 2.24. The molecule has 0 saturated heterocycles. The second-order valence-electron chi connectivity index (χ2n) is 3.27. The van der Waals surface area contributed by atoms with Gasteiger partial charge in [-0.2, -0.15) is 0 Å². The Balaban J connectivity index is 3.05. The highest BCUT2D eigenvalue weighted by atomic mass is 35.5. The lowest BCUT2D eigenvalue weighted by atomic mass is 10.0. The standard InChI is InChI=1S/C10H9ClO6/c11-6-3-4(1-2-5(6)9(14)15)7(12)8(13)10(16)17/h1-3,7-8,12-13H,(H,14,15)(H,16,17). The van der Waals surface area contributed by atoms with E-state index in [0.717, 1.165) is 12.1 Å². The molecular formula is C10H9ClO6. The lowest BCUT2D eigenvalue weighted by Gasteiger charge is -2.14. The number of aliphatic hydroxyl groups excluding tert-OH is 2. The van der Waals surface area contributed by atoms with E-state index in [1.807, 2.05) is 0 Å². The Kier molecular flexibility index (Phi) is 4.06. The summed E-state index contributed by atoms with van der Waals surface area (Å²) in [7, 11) is 0. The quantitative estimate of drug-likeness (QED) is 0.627. The maximum absolute atomic E-state index is 10.7. The van der Waals surface area contributed by atoms with Gasteiger partial charge in [-0.1, -0.05) is 17.7 Å². The molecule has 0 aliphatic carbocycles. The van der Waals surface area contributed by atoms with Gasteiger partial charge in [0.15, 0.2) is 6.10 Å². The number of rotatable bonds is 4. The monoisotopic (exact) mass is 260 g/mol. The average molecular weight is 261 g/mol. The highest BCUT2D eigenvalue weighted by molar-refractivity contribution is 6.33. The second kappa shape index (κ2) is 5.13. The molecule has 0 heterocycles. The molecule has 0 amide bonds. The van der Waals surface area contributed by atoms with Crippen molar-refractivity contribution in [1.82, 2.24) is 0 Å². The maximum atomic E-state index is 10.7.